The van der Waals surface area contributed by atoms with Crippen LogP contribution in [0.1, 0.15) is 24.5 Å². The number of fused-ring (bicyclic) bond motifs is 2. The van der Waals surface area contributed by atoms with Gasteiger partial charge in [0.2, 0.25) is 0 Å². The maximum atomic E-state index is 11.9. The maximum absolute atomic E-state index is 11.9. The Kier molecular flexibility index (Phi) is 3.12. The van der Waals surface area contributed by atoms with Crippen molar-refractivity contribution in [3.8, 4) is 0 Å². The van der Waals surface area contributed by atoms with Crippen molar-refractivity contribution in [1.29, 1.82) is 0 Å². The third-order valence-corrected chi connectivity index (χ3v) is 6.72. The van der Waals surface area contributed by atoms with Crippen molar-refractivity contribution in [2.24, 2.45) is 0 Å². The van der Waals surface area contributed by atoms with Crippen molar-refractivity contribution in [2.45, 2.75) is 18.8 Å². The van der Waals surface area contributed by atoms with Crippen LogP contribution in [0.3, 0.4) is 0 Å². The van der Waals surface area contributed by atoms with Gasteiger partial charge in [0.15, 0.2) is 0 Å². The minimum atomic E-state index is -0.285. The normalized spacial score (nSPS) is 14.5. The molecule has 5 rings (SSSR count). The van der Waals surface area contributed by atoms with Crippen LogP contribution in [0.5, 0.6) is 0 Å². The van der Waals surface area contributed by atoms with Crippen LogP contribution in [0.25, 0.3) is 16.6 Å². The van der Waals surface area contributed by atoms with Crippen LogP contribution in [-0.2, 0) is 0 Å². The van der Waals surface area contributed by atoms with E-state index in [-0.39, 0.29) is 20.6 Å². The third kappa shape index (κ3) is 2.29. The van der Waals surface area contributed by atoms with Crippen molar-refractivity contribution < 1.29 is 4.42 Å². The van der Waals surface area contributed by atoms with Gasteiger partial charge in [-0.3, -0.25) is 0 Å². The van der Waals surface area contributed by atoms with Crippen LogP contribution in [-0.4, -0.2) is 24.3 Å². The summed E-state index contributed by atoms with van der Waals surface area (Å²) in [6, 6.07) is 15.5. The fraction of sp³-hybridized carbons (Fsp3) is 0.158. The van der Waals surface area contributed by atoms with E-state index in [1.165, 1.54) is 23.1 Å². The van der Waals surface area contributed by atoms with Gasteiger partial charge >= 0.3 is 144 Å². The van der Waals surface area contributed by atoms with Gasteiger partial charge in [0.25, 0.3) is 0 Å². The Bertz CT molecular complexity index is 1130. The molecule has 4 nitrogen and oxygen atoms in total. The molecule has 0 unspecified atom stereocenters. The fourth-order valence-electron chi connectivity index (χ4n) is 2.99. The minimum absolute atomic E-state index is 0.00572. The standard InChI is InChI=1S/C19H14N2O2Se/c22-17-11-15(13-5-1-2-6-14(13)23-17)24-19-18(12-8-9-12)20-16-7-3-4-10-21(16)19/h1-7,10-12H,8-9H2. The number of pyridine rings is 1. The second kappa shape index (κ2) is 5.33. The summed E-state index contributed by atoms with van der Waals surface area (Å²) >= 11 is -0.00572. The number of imidazole rings is 1. The number of hydrogen-bond donors (Lipinski definition) is 0. The molecule has 0 N–H and O–H groups in total. The van der Waals surface area contributed by atoms with Gasteiger partial charge in [0.1, 0.15) is 0 Å². The van der Waals surface area contributed by atoms with Gasteiger partial charge in [0, 0.05) is 0 Å². The molecule has 1 fully saturated rings. The van der Waals surface area contributed by atoms with E-state index in [4.69, 9.17) is 9.40 Å². The first-order valence-corrected chi connectivity index (χ1v) is 9.68. The van der Waals surface area contributed by atoms with Crippen LogP contribution < -0.4 is 14.7 Å². The van der Waals surface area contributed by atoms with Crippen LogP contribution in [0.15, 0.2) is 63.9 Å². The van der Waals surface area contributed by atoms with Crippen LogP contribution in [0.2, 0.25) is 0 Å². The first-order valence-electron chi connectivity index (χ1n) is 7.97. The molecule has 5 heteroatoms. The second-order valence-corrected chi connectivity index (χ2v) is 8.20. The number of hydrogen-bond acceptors (Lipinski definition) is 3. The molecule has 24 heavy (non-hydrogen) atoms. The monoisotopic (exact) mass is 382 g/mol. The molecule has 0 radical (unpaired) electrons. The summed E-state index contributed by atoms with van der Waals surface area (Å²) in [4.78, 5) is 16.8. The molecule has 118 valence electrons. The van der Waals surface area contributed by atoms with Gasteiger partial charge in [-0.05, 0) is 0 Å². The predicted octanol–water partition coefficient (Wildman–Crippen LogP) is 1.97. The summed E-state index contributed by atoms with van der Waals surface area (Å²) in [5.41, 5.74) is 2.57. The Morgan fingerprint density at radius 1 is 1.12 bits per heavy atom. The first kappa shape index (κ1) is 14.0. The predicted molar refractivity (Wildman–Crippen MR) is 94.7 cm³/mol. The molecule has 0 atom stereocenters. The number of nitrogens with zero attached hydrogens (tertiary/aromatic N) is 2. The SMILES string of the molecule is O=c1cc([Se]c2c(C3CC3)nc3ccccn23)c2ccccc2o1. The summed E-state index contributed by atoms with van der Waals surface area (Å²) in [7, 11) is 0. The van der Waals surface area contributed by atoms with Gasteiger partial charge < -0.3 is 0 Å². The summed E-state index contributed by atoms with van der Waals surface area (Å²) < 4.78 is 9.81. The van der Waals surface area contributed by atoms with E-state index >= 15 is 0 Å². The Morgan fingerprint density at radius 2 is 1.96 bits per heavy atom. The average molecular weight is 381 g/mol. The molecule has 1 aliphatic rings. The molecule has 1 aliphatic carbocycles. The molecular formula is C19H14N2O2Se. The van der Waals surface area contributed by atoms with Crippen LogP contribution in [0.4, 0.5) is 0 Å². The van der Waals surface area contributed by atoms with Crippen molar-refractivity contribution in [3.05, 3.63) is 70.8 Å². The average Bonchev–Trinajstić information content (AvgIpc) is 3.38. The summed E-state index contributed by atoms with van der Waals surface area (Å²) in [5, 5.41) is 1.02. The van der Waals surface area contributed by atoms with E-state index in [1.54, 1.807) is 6.07 Å². The number of benzene rings is 1. The molecule has 1 saturated carbocycles. The zero-order chi connectivity index (χ0) is 16.1. The molecule has 0 spiro atoms. The molecule has 0 bridgehead atoms. The van der Waals surface area contributed by atoms with Crippen LogP contribution >= 0.6 is 0 Å². The molecule has 3 aromatic heterocycles. The topological polar surface area (TPSA) is 47.5 Å². The molecule has 4 aromatic rings. The zero-order valence-electron chi connectivity index (χ0n) is 12.8. The van der Waals surface area contributed by atoms with E-state index in [0.29, 0.717) is 11.5 Å². The second-order valence-electron chi connectivity index (χ2n) is 6.03. The fourth-order valence-corrected chi connectivity index (χ4v) is 5.53. The van der Waals surface area contributed by atoms with Gasteiger partial charge in [-0.2, -0.15) is 0 Å². The number of aromatic nitrogens is 2. The van der Waals surface area contributed by atoms with E-state index in [9.17, 15) is 4.79 Å². The Balaban J connectivity index is 1.73. The summed E-state index contributed by atoms with van der Waals surface area (Å²) in [5.74, 6) is 0.577. The Labute approximate surface area is 144 Å². The van der Waals surface area contributed by atoms with Crippen molar-refractivity contribution >= 4 is 40.6 Å². The van der Waals surface area contributed by atoms with E-state index in [1.807, 2.05) is 42.5 Å². The Morgan fingerprint density at radius 3 is 2.83 bits per heavy atom. The molecule has 0 saturated heterocycles. The molecule has 1 aromatic carbocycles. The number of para-hydroxylation sites is 1. The van der Waals surface area contributed by atoms with Crippen molar-refractivity contribution in [1.82, 2.24) is 9.38 Å². The van der Waals surface area contributed by atoms with Gasteiger partial charge in [-0.1, -0.05) is 0 Å². The first-order chi connectivity index (χ1) is 11.8. The van der Waals surface area contributed by atoms with Gasteiger partial charge in [-0.25, -0.2) is 0 Å². The third-order valence-electron chi connectivity index (χ3n) is 4.29. The molecule has 3 heterocycles. The van der Waals surface area contributed by atoms with Gasteiger partial charge in [-0.15, -0.1) is 0 Å². The molecular weight excluding hydrogens is 367 g/mol. The molecule has 0 aliphatic heterocycles. The van der Waals surface area contributed by atoms with E-state index in [0.717, 1.165) is 15.5 Å². The van der Waals surface area contributed by atoms with E-state index < -0.39 is 0 Å². The Hall–Kier alpha value is -2.36. The quantitative estimate of drug-likeness (QED) is 0.403. The van der Waals surface area contributed by atoms with Crippen molar-refractivity contribution in [3.63, 3.8) is 0 Å². The van der Waals surface area contributed by atoms with Crippen molar-refractivity contribution in [2.75, 3.05) is 0 Å². The summed E-state index contributed by atoms with van der Waals surface area (Å²) in [6.07, 6.45) is 4.49. The van der Waals surface area contributed by atoms with E-state index in [2.05, 4.69) is 10.6 Å². The van der Waals surface area contributed by atoms with Crippen LogP contribution in [0, 0.1) is 0 Å². The summed E-state index contributed by atoms with van der Waals surface area (Å²) in [6.45, 7) is 0. The zero-order valence-corrected chi connectivity index (χ0v) is 14.5. The molecule has 0 amide bonds. The van der Waals surface area contributed by atoms with Gasteiger partial charge in [0.05, 0.1) is 0 Å². The number of rotatable bonds is 3.